The first-order valence-electron chi connectivity index (χ1n) is 6.20. The molecule has 2 rings (SSSR count). The van der Waals surface area contributed by atoms with E-state index in [4.69, 9.17) is 10.8 Å². The predicted molar refractivity (Wildman–Crippen MR) is 75.9 cm³/mol. The highest BCUT2D eigenvalue weighted by Gasteiger charge is 2.11. The summed E-state index contributed by atoms with van der Waals surface area (Å²) in [6.07, 6.45) is 0.351. The van der Waals surface area contributed by atoms with Crippen LogP contribution < -0.4 is 5.73 Å². The lowest BCUT2D eigenvalue weighted by Crippen LogP contribution is -2.32. The van der Waals surface area contributed by atoms with Crippen molar-refractivity contribution in [2.45, 2.75) is 19.4 Å². The summed E-state index contributed by atoms with van der Waals surface area (Å²) in [5.74, 6) is -0.970. The van der Waals surface area contributed by atoms with Crippen LogP contribution in [0.3, 0.4) is 0 Å². The van der Waals surface area contributed by atoms with E-state index in [1.807, 2.05) is 30.3 Å². The van der Waals surface area contributed by atoms with E-state index < -0.39 is 12.0 Å². The van der Waals surface area contributed by atoms with Crippen molar-refractivity contribution in [2.75, 3.05) is 0 Å². The van der Waals surface area contributed by atoms with Gasteiger partial charge in [-0.2, -0.15) is 0 Å². The topological polar surface area (TPSA) is 63.3 Å². The molecule has 0 saturated heterocycles. The van der Waals surface area contributed by atoms with Gasteiger partial charge in [0, 0.05) is 0 Å². The molecule has 0 aliphatic heterocycles. The van der Waals surface area contributed by atoms with Crippen LogP contribution in [-0.2, 0) is 11.2 Å². The molecule has 0 heterocycles. The van der Waals surface area contributed by atoms with Crippen LogP contribution >= 0.6 is 0 Å². The molecular weight excluding hydrogens is 238 g/mol. The molecule has 3 N–H and O–H groups in total. The Morgan fingerprint density at radius 3 is 2.42 bits per heavy atom. The minimum atomic E-state index is -0.970. The van der Waals surface area contributed by atoms with Gasteiger partial charge in [-0.15, -0.1) is 0 Å². The molecule has 2 aromatic carbocycles. The van der Waals surface area contributed by atoms with Crippen molar-refractivity contribution < 1.29 is 9.90 Å². The van der Waals surface area contributed by atoms with Crippen LogP contribution in [0.1, 0.15) is 11.1 Å². The molecule has 1 atom stereocenters. The molecule has 0 aromatic heterocycles. The zero-order valence-electron chi connectivity index (χ0n) is 10.8. The summed E-state index contributed by atoms with van der Waals surface area (Å²) in [5, 5.41) is 8.78. The Hall–Kier alpha value is -2.13. The molecule has 98 valence electrons. The first-order valence-corrected chi connectivity index (χ1v) is 6.20. The van der Waals surface area contributed by atoms with E-state index in [0.29, 0.717) is 6.42 Å². The molecule has 3 heteroatoms. The normalized spacial score (nSPS) is 12.1. The van der Waals surface area contributed by atoms with Gasteiger partial charge >= 0.3 is 5.97 Å². The van der Waals surface area contributed by atoms with Gasteiger partial charge in [-0.05, 0) is 30.0 Å². The van der Waals surface area contributed by atoms with E-state index in [2.05, 4.69) is 25.1 Å². The second kappa shape index (κ2) is 5.67. The number of carboxylic acids is 1. The fourth-order valence-corrected chi connectivity index (χ4v) is 2.00. The number of carbonyl (C=O) groups is 1. The van der Waals surface area contributed by atoms with Gasteiger partial charge in [-0.3, -0.25) is 4.79 Å². The van der Waals surface area contributed by atoms with Crippen molar-refractivity contribution in [2.24, 2.45) is 5.73 Å². The van der Waals surface area contributed by atoms with Crippen LogP contribution in [0.15, 0.2) is 48.5 Å². The fourth-order valence-electron chi connectivity index (χ4n) is 2.00. The number of carboxylic acid groups (broad SMARTS) is 1. The summed E-state index contributed by atoms with van der Waals surface area (Å²) in [5.41, 5.74) is 9.95. The molecule has 2 aromatic rings. The van der Waals surface area contributed by atoms with Crippen LogP contribution in [0.5, 0.6) is 0 Å². The van der Waals surface area contributed by atoms with Crippen molar-refractivity contribution in [1.82, 2.24) is 0 Å². The van der Waals surface area contributed by atoms with Crippen molar-refractivity contribution in [1.29, 1.82) is 0 Å². The van der Waals surface area contributed by atoms with Crippen LogP contribution in [-0.4, -0.2) is 17.1 Å². The summed E-state index contributed by atoms with van der Waals surface area (Å²) in [7, 11) is 0. The van der Waals surface area contributed by atoms with E-state index in [1.54, 1.807) is 0 Å². The molecular formula is C16H17NO2. The van der Waals surface area contributed by atoms with Gasteiger partial charge in [0.2, 0.25) is 0 Å². The van der Waals surface area contributed by atoms with Crippen LogP contribution in [0.2, 0.25) is 0 Å². The number of hydrogen-bond acceptors (Lipinski definition) is 2. The van der Waals surface area contributed by atoms with E-state index in [0.717, 1.165) is 16.7 Å². The molecule has 19 heavy (non-hydrogen) atoms. The Bertz CT molecular complexity index is 576. The summed E-state index contributed by atoms with van der Waals surface area (Å²) in [4.78, 5) is 10.7. The Morgan fingerprint density at radius 1 is 1.16 bits per heavy atom. The second-order valence-corrected chi connectivity index (χ2v) is 4.72. The average molecular weight is 255 g/mol. The predicted octanol–water partition coefficient (Wildman–Crippen LogP) is 2.62. The molecule has 0 saturated carbocycles. The van der Waals surface area contributed by atoms with Gasteiger partial charge in [0.05, 0.1) is 0 Å². The first kappa shape index (κ1) is 13.3. The molecule has 0 spiro atoms. The van der Waals surface area contributed by atoms with E-state index in [9.17, 15) is 4.79 Å². The molecule has 0 amide bonds. The lowest BCUT2D eigenvalue weighted by Gasteiger charge is -2.08. The van der Waals surface area contributed by atoms with E-state index in [-0.39, 0.29) is 0 Å². The average Bonchev–Trinajstić information content (AvgIpc) is 2.39. The summed E-state index contributed by atoms with van der Waals surface area (Å²) < 4.78 is 0. The largest absolute Gasteiger partial charge is 0.480 e. The van der Waals surface area contributed by atoms with E-state index in [1.165, 1.54) is 5.56 Å². The van der Waals surface area contributed by atoms with Gasteiger partial charge in [-0.25, -0.2) is 0 Å². The molecule has 0 radical (unpaired) electrons. The fraction of sp³-hybridized carbons (Fsp3) is 0.188. The number of hydrogen-bond donors (Lipinski definition) is 2. The lowest BCUT2D eigenvalue weighted by atomic mass is 10.00. The van der Waals surface area contributed by atoms with Crippen molar-refractivity contribution >= 4 is 5.97 Å². The Labute approximate surface area is 112 Å². The minimum Gasteiger partial charge on any atom is -0.480 e. The monoisotopic (exact) mass is 255 g/mol. The zero-order valence-corrected chi connectivity index (χ0v) is 10.8. The van der Waals surface area contributed by atoms with Crippen LogP contribution in [0.25, 0.3) is 11.1 Å². The third-order valence-corrected chi connectivity index (χ3v) is 3.08. The van der Waals surface area contributed by atoms with Crippen molar-refractivity contribution in [3.8, 4) is 11.1 Å². The third-order valence-electron chi connectivity index (χ3n) is 3.08. The summed E-state index contributed by atoms with van der Waals surface area (Å²) >= 11 is 0. The lowest BCUT2D eigenvalue weighted by molar-refractivity contribution is -0.138. The zero-order chi connectivity index (χ0) is 13.8. The molecule has 0 aliphatic rings. The number of nitrogens with two attached hydrogens (primary N) is 1. The van der Waals surface area contributed by atoms with Gasteiger partial charge < -0.3 is 10.8 Å². The molecule has 0 fully saturated rings. The molecule has 1 unspecified atom stereocenters. The Morgan fingerprint density at radius 2 is 1.84 bits per heavy atom. The summed E-state index contributed by atoms with van der Waals surface area (Å²) in [6, 6.07) is 15.3. The highest BCUT2D eigenvalue weighted by molar-refractivity contribution is 5.73. The van der Waals surface area contributed by atoms with Gasteiger partial charge in [0.15, 0.2) is 0 Å². The van der Waals surface area contributed by atoms with Crippen LogP contribution in [0.4, 0.5) is 0 Å². The number of rotatable bonds is 4. The number of benzene rings is 2. The van der Waals surface area contributed by atoms with Gasteiger partial charge in [0.25, 0.3) is 0 Å². The quantitative estimate of drug-likeness (QED) is 0.882. The molecule has 0 aliphatic carbocycles. The summed E-state index contributed by atoms with van der Waals surface area (Å²) in [6.45, 7) is 2.06. The number of aryl methyl sites for hydroxylation is 1. The highest BCUT2D eigenvalue weighted by Crippen LogP contribution is 2.21. The third kappa shape index (κ3) is 3.42. The highest BCUT2D eigenvalue weighted by atomic mass is 16.4. The Kier molecular flexibility index (Phi) is 3.97. The standard InChI is InChI=1S/C16H17NO2/c1-11-3-2-4-14(9-11)13-7-5-12(6-8-13)10-15(17)16(18)19/h2-9,15H,10,17H2,1H3,(H,18,19). The maximum absolute atomic E-state index is 10.7. The van der Waals surface area contributed by atoms with Crippen LogP contribution in [0, 0.1) is 6.92 Å². The van der Waals surface area contributed by atoms with Crippen molar-refractivity contribution in [3.05, 3.63) is 59.7 Å². The Balaban J connectivity index is 2.17. The maximum Gasteiger partial charge on any atom is 0.320 e. The maximum atomic E-state index is 10.7. The molecule has 3 nitrogen and oxygen atoms in total. The first-order chi connectivity index (χ1) is 9.06. The van der Waals surface area contributed by atoms with Gasteiger partial charge in [-0.1, -0.05) is 54.1 Å². The minimum absolute atomic E-state index is 0.351. The number of aliphatic carboxylic acids is 1. The van der Waals surface area contributed by atoms with Gasteiger partial charge in [0.1, 0.15) is 6.04 Å². The SMILES string of the molecule is Cc1cccc(-c2ccc(CC(N)C(=O)O)cc2)c1. The molecule has 0 bridgehead atoms. The smallest absolute Gasteiger partial charge is 0.320 e. The van der Waals surface area contributed by atoms with Crippen molar-refractivity contribution in [3.63, 3.8) is 0 Å². The van der Waals surface area contributed by atoms with E-state index >= 15 is 0 Å². The second-order valence-electron chi connectivity index (χ2n) is 4.72.